The van der Waals surface area contributed by atoms with E-state index in [1.54, 1.807) is 17.4 Å². The molecule has 2 heteroatoms. The summed E-state index contributed by atoms with van der Waals surface area (Å²) in [5.41, 5.74) is 0. The van der Waals surface area contributed by atoms with Gasteiger partial charge in [0, 0.05) is 16.2 Å². The van der Waals surface area contributed by atoms with E-state index in [4.69, 9.17) is 0 Å². The second-order valence-electron chi connectivity index (χ2n) is 3.18. The van der Waals surface area contributed by atoms with Crippen molar-refractivity contribution in [1.29, 1.82) is 0 Å². The molecule has 0 aliphatic heterocycles. The summed E-state index contributed by atoms with van der Waals surface area (Å²) in [7, 11) is 0. The van der Waals surface area contributed by atoms with Crippen molar-refractivity contribution in [3.8, 4) is 0 Å². The highest BCUT2D eigenvalue weighted by Gasteiger charge is 2.02. The van der Waals surface area contributed by atoms with Crippen LogP contribution < -0.4 is 0 Å². The van der Waals surface area contributed by atoms with Crippen molar-refractivity contribution in [3.05, 3.63) is 34.0 Å². The Bertz CT molecular complexity index is 323. The minimum Gasteiger partial charge on any atom is -0.294 e. The maximum Gasteiger partial charge on any atom is 0.160 e. The standard InChI is InChI=1S/C12H16OS/c1-3-5-6-10(13)9-12-8-7-11(4-2)14-12/h5-8H,3-4,9H2,1-2H3/b6-5+. The molecule has 0 amide bonds. The lowest BCUT2D eigenvalue weighted by molar-refractivity contribution is -0.114. The molecule has 1 aromatic rings. The van der Waals surface area contributed by atoms with E-state index >= 15 is 0 Å². The Hall–Kier alpha value is -0.890. The van der Waals surface area contributed by atoms with Gasteiger partial charge >= 0.3 is 0 Å². The fourth-order valence-electron chi connectivity index (χ4n) is 1.19. The molecule has 0 atom stereocenters. The van der Waals surface area contributed by atoms with Gasteiger partial charge in [0.15, 0.2) is 5.78 Å². The zero-order valence-electron chi connectivity index (χ0n) is 8.75. The molecule has 1 rings (SSSR count). The van der Waals surface area contributed by atoms with Crippen LogP contribution in [0.4, 0.5) is 0 Å². The summed E-state index contributed by atoms with van der Waals surface area (Å²) in [5, 5.41) is 0. The van der Waals surface area contributed by atoms with E-state index in [1.165, 1.54) is 9.75 Å². The van der Waals surface area contributed by atoms with E-state index in [2.05, 4.69) is 19.1 Å². The van der Waals surface area contributed by atoms with Crippen LogP contribution in [0.1, 0.15) is 30.0 Å². The number of aryl methyl sites for hydroxylation is 1. The third-order valence-electron chi connectivity index (χ3n) is 1.95. The van der Waals surface area contributed by atoms with Crippen LogP contribution in [-0.2, 0) is 17.6 Å². The molecule has 0 bridgehead atoms. The molecule has 1 heterocycles. The predicted molar refractivity (Wildman–Crippen MR) is 61.8 cm³/mol. The van der Waals surface area contributed by atoms with Gasteiger partial charge in [0.25, 0.3) is 0 Å². The smallest absolute Gasteiger partial charge is 0.160 e. The second-order valence-corrected chi connectivity index (χ2v) is 4.43. The van der Waals surface area contributed by atoms with Gasteiger partial charge in [-0.2, -0.15) is 0 Å². The van der Waals surface area contributed by atoms with Gasteiger partial charge in [0.2, 0.25) is 0 Å². The Kier molecular flexibility index (Phi) is 4.60. The fraction of sp³-hybridized carbons (Fsp3) is 0.417. The van der Waals surface area contributed by atoms with E-state index in [0.717, 1.165) is 12.8 Å². The minimum absolute atomic E-state index is 0.205. The van der Waals surface area contributed by atoms with Gasteiger partial charge in [-0.05, 0) is 31.1 Å². The highest BCUT2D eigenvalue weighted by molar-refractivity contribution is 7.12. The van der Waals surface area contributed by atoms with Crippen molar-refractivity contribution < 1.29 is 4.79 Å². The molecule has 0 aliphatic rings. The number of allylic oxidation sites excluding steroid dienone is 2. The average Bonchev–Trinajstić information content (AvgIpc) is 2.62. The zero-order chi connectivity index (χ0) is 10.4. The van der Waals surface area contributed by atoms with Crippen LogP contribution in [-0.4, -0.2) is 5.78 Å². The molecule has 1 nitrogen and oxygen atoms in total. The molecule has 0 radical (unpaired) electrons. The monoisotopic (exact) mass is 208 g/mol. The molecule has 0 spiro atoms. The summed E-state index contributed by atoms with van der Waals surface area (Å²) in [6.07, 6.45) is 6.14. The first-order chi connectivity index (χ1) is 6.76. The van der Waals surface area contributed by atoms with Crippen molar-refractivity contribution in [2.24, 2.45) is 0 Å². The average molecular weight is 208 g/mol. The van der Waals surface area contributed by atoms with E-state index in [1.807, 2.05) is 13.0 Å². The Labute approximate surface area is 89.5 Å². The van der Waals surface area contributed by atoms with Crippen molar-refractivity contribution >= 4 is 17.1 Å². The number of hydrogen-bond acceptors (Lipinski definition) is 2. The molecule has 0 aromatic carbocycles. The van der Waals surface area contributed by atoms with Gasteiger partial charge in [0.05, 0.1) is 0 Å². The van der Waals surface area contributed by atoms with E-state index in [0.29, 0.717) is 6.42 Å². The third-order valence-corrected chi connectivity index (χ3v) is 3.18. The van der Waals surface area contributed by atoms with Crippen molar-refractivity contribution in [1.82, 2.24) is 0 Å². The number of carbonyl (C=O) groups excluding carboxylic acids is 1. The largest absolute Gasteiger partial charge is 0.294 e. The van der Waals surface area contributed by atoms with E-state index < -0.39 is 0 Å². The first kappa shape index (κ1) is 11.2. The van der Waals surface area contributed by atoms with Crippen molar-refractivity contribution in [2.75, 3.05) is 0 Å². The molecule has 0 N–H and O–H groups in total. The first-order valence-electron chi connectivity index (χ1n) is 5.03. The summed E-state index contributed by atoms with van der Waals surface area (Å²) in [4.78, 5) is 13.9. The van der Waals surface area contributed by atoms with Crippen LogP contribution >= 0.6 is 11.3 Å². The van der Waals surface area contributed by atoms with Crippen LogP contribution in [0.5, 0.6) is 0 Å². The second kappa shape index (κ2) is 5.76. The Balaban J connectivity index is 2.51. The lowest BCUT2D eigenvalue weighted by Crippen LogP contribution is -1.95. The zero-order valence-corrected chi connectivity index (χ0v) is 9.56. The Morgan fingerprint density at radius 2 is 2.07 bits per heavy atom. The van der Waals surface area contributed by atoms with Crippen LogP contribution in [0.3, 0.4) is 0 Å². The highest BCUT2D eigenvalue weighted by Crippen LogP contribution is 2.17. The van der Waals surface area contributed by atoms with Gasteiger partial charge in [-0.15, -0.1) is 11.3 Å². The summed E-state index contributed by atoms with van der Waals surface area (Å²) in [6.45, 7) is 4.17. The third kappa shape index (κ3) is 3.46. The highest BCUT2D eigenvalue weighted by atomic mass is 32.1. The SMILES string of the molecule is CC/C=C/C(=O)Cc1ccc(CC)s1. The van der Waals surface area contributed by atoms with Crippen molar-refractivity contribution in [3.63, 3.8) is 0 Å². The summed E-state index contributed by atoms with van der Waals surface area (Å²) < 4.78 is 0. The maximum absolute atomic E-state index is 11.4. The molecule has 0 saturated heterocycles. The molecule has 0 unspecified atom stereocenters. The number of ketones is 1. The molecular weight excluding hydrogens is 192 g/mol. The Morgan fingerprint density at radius 3 is 2.64 bits per heavy atom. The summed E-state index contributed by atoms with van der Waals surface area (Å²) >= 11 is 1.74. The van der Waals surface area contributed by atoms with Gasteiger partial charge < -0.3 is 0 Å². The Morgan fingerprint density at radius 1 is 1.36 bits per heavy atom. The molecule has 0 fully saturated rings. The number of rotatable bonds is 5. The number of hydrogen-bond donors (Lipinski definition) is 0. The lowest BCUT2D eigenvalue weighted by Gasteiger charge is -1.91. The van der Waals surface area contributed by atoms with Crippen LogP contribution in [0, 0.1) is 0 Å². The fourth-order valence-corrected chi connectivity index (χ4v) is 2.15. The topological polar surface area (TPSA) is 17.1 Å². The predicted octanol–water partition coefficient (Wildman–Crippen LogP) is 3.39. The van der Waals surface area contributed by atoms with Gasteiger partial charge in [-0.25, -0.2) is 0 Å². The maximum atomic E-state index is 11.4. The number of thiophene rings is 1. The van der Waals surface area contributed by atoms with Gasteiger partial charge in [-0.3, -0.25) is 4.79 Å². The minimum atomic E-state index is 0.205. The summed E-state index contributed by atoms with van der Waals surface area (Å²) in [6, 6.07) is 4.16. The van der Waals surface area contributed by atoms with Crippen LogP contribution in [0.15, 0.2) is 24.3 Å². The summed E-state index contributed by atoms with van der Waals surface area (Å²) in [5.74, 6) is 0.205. The molecule has 1 aromatic heterocycles. The quantitative estimate of drug-likeness (QED) is 0.678. The van der Waals surface area contributed by atoms with Gasteiger partial charge in [0.1, 0.15) is 0 Å². The van der Waals surface area contributed by atoms with E-state index in [9.17, 15) is 4.79 Å². The molecular formula is C12H16OS. The van der Waals surface area contributed by atoms with Crippen LogP contribution in [0.25, 0.3) is 0 Å². The van der Waals surface area contributed by atoms with Crippen molar-refractivity contribution in [2.45, 2.75) is 33.1 Å². The molecule has 14 heavy (non-hydrogen) atoms. The van der Waals surface area contributed by atoms with Gasteiger partial charge in [-0.1, -0.05) is 19.9 Å². The number of carbonyl (C=O) groups is 1. The molecule has 0 saturated carbocycles. The molecule has 0 aliphatic carbocycles. The lowest BCUT2D eigenvalue weighted by atomic mass is 10.2. The first-order valence-corrected chi connectivity index (χ1v) is 5.84. The van der Waals surface area contributed by atoms with Crippen LogP contribution in [0.2, 0.25) is 0 Å². The normalized spacial score (nSPS) is 11.0. The molecule has 76 valence electrons. The van der Waals surface area contributed by atoms with E-state index in [-0.39, 0.29) is 5.78 Å².